The highest BCUT2D eigenvalue weighted by atomic mass is 16.5. The molecule has 0 spiro atoms. The molecule has 0 saturated carbocycles. The van der Waals surface area contributed by atoms with Crippen LogP contribution in [-0.4, -0.2) is 43.8 Å². The molecular weight excluding hydrogens is 260 g/mol. The molecule has 2 aliphatic rings. The van der Waals surface area contributed by atoms with E-state index in [1.54, 1.807) is 11.1 Å². The molecule has 1 aliphatic carbocycles. The van der Waals surface area contributed by atoms with Crippen LogP contribution in [0.3, 0.4) is 0 Å². The molecule has 1 atom stereocenters. The molecule has 3 nitrogen and oxygen atoms in total. The minimum atomic E-state index is 0.513. The molecule has 1 N–H and O–H groups in total. The van der Waals surface area contributed by atoms with Gasteiger partial charge in [0.1, 0.15) is 0 Å². The molecule has 0 bridgehead atoms. The summed E-state index contributed by atoms with van der Waals surface area (Å²) >= 11 is 0. The lowest BCUT2D eigenvalue weighted by atomic mass is 10.1. The van der Waals surface area contributed by atoms with Gasteiger partial charge in [-0.3, -0.25) is 4.90 Å². The summed E-state index contributed by atoms with van der Waals surface area (Å²) < 4.78 is 5.67. The predicted octanol–water partition coefficient (Wildman–Crippen LogP) is 2.38. The Morgan fingerprint density at radius 3 is 3.10 bits per heavy atom. The minimum Gasteiger partial charge on any atom is -0.378 e. The van der Waals surface area contributed by atoms with Gasteiger partial charge < -0.3 is 10.1 Å². The van der Waals surface area contributed by atoms with Crippen LogP contribution < -0.4 is 5.32 Å². The summed E-state index contributed by atoms with van der Waals surface area (Å²) in [6.45, 7) is 8.20. The van der Waals surface area contributed by atoms with E-state index in [0.717, 1.165) is 39.4 Å². The van der Waals surface area contributed by atoms with Crippen LogP contribution in [-0.2, 0) is 24.1 Å². The highest BCUT2D eigenvalue weighted by Gasteiger charge is 2.23. The van der Waals surface area contributed by atoms with E-state index < -0.39 is 0 Å². The molecule has 1 heterocycles. The van der Waals surface area contributed by atoms with Crippen LogP contribution in [0.5, 0.6) is 0 Å². The van der Waals surface area contributed by atoms with Gasteiger partial charge in [0.15, 0.2) is 0 Å². The first-order valence-corrected chi connectivity index (χ1v) is 8.50. The fraction of sp³-hybridized carbons (Fsp3) is 0.667. The van der Waals surface area contributed by atoms with Crippen LogP contribution in [0.25, 0.3) is 0 Å². The third-order valence-corrected chi connectivity index (χ3v) is 4.70. The van der Waals surface area contributed by atoms with Crippen molar-refractivity contribution in [2.24, 2.45) is 0 Å². The Hall–Kier alpha value is -0.900. The zero-order chi connectivity index (χ0) is 14.5. The normalized spacial score (nSPS) is 22.4. The molecule has 3 rings (SSSR count). The van der Waals surface area contributed by atoms with Gasteiger partial charge in [0, 0.05) is 25.7 Å². The van der Waals surface area contributed by atoms with E-state index in [9.17, 15) is 0 Å². The van der Waals surface area contributed by atoms with Gasteiger partial charge in [-0.05, 0) is 48.9 Å². The third-order valence-electron chi connectivity index (χ3n) is 4.70. The van der Waals surface area contributed by atoms with E-state index >= 15 is 0 Å². The molecule has 1 aromatic rings. The molecule has 1 aliphatic heterocycles. The summed E-state index contributed by atoms with van der Waals surface area (Å²) in [6.07, 6.45) is 5.07. The average Bonchev–Trinajstić information content (AvgIpc) is 2.97. The quantitative estimate of drug-likeness (QED) is 0.813. The number of aryl methyl sites for hydroxylation is 2. The Balaban J connectivity index is 1.61. The summed E-state index contributed by atoms with van der Waals surface area (Å²) in [7, 11) is 0. The number of nitrogens with zero attached hydrogens (tertiary/aromatic N) is 1. The van der Waals surface area contributed by atoms with Crippen LogP contribution >= 0.6 is 0 Å². The second-order valence-electron chi connectivity index (χ2n) is 6.36. The van der Waals surface area contributed by atoms with Crippen molar-refractivity contribution in [1.29, 1.82) is 0 Å². The zero-order valence-electron chi connectivity index (χ0n) is 13.2. The number of rotatable bonds is 6. The van der Waals surface area contributed by atoms with Crippen molar-refractivity contribution in [3.63, 3.8) is 0 Å². The first-order chi connectivity index (χ1) is 10.4. The molecule has 21 heavy (non-hydrogen) atoms. The maximum absolute atomic E-state index is 5.67. The van der Waals surface area contributed by atoms with Gasteiger partial charge in [0.05, 0.1) is 13.2 Å². The molecule has 1 aromatic carbocycles. The summed E-state index contributed by atoms with van der Waals surface area (Å²) in [4.78, 5) is 2.59. The van der Waals surface area contributed by atoms with Crippen molar-refractivity contribution in [3.05, 3.63) is 34.9 Å². The van der Waals surface area contributed by atoms with Crippen LogP contribution in [0, 0.1) is 0 Å². The SMILES string of the molecule is CCCNCC1COCCN1Cc1ccc2c(c1)CCC2. The van der Waals surface area contributed by atoms with Crippen LogP contribution in [0.4, 0.5) is 0 Å². The molecule has 0 amide bonds. The summed E-state index contributed by atoms with van der Waals surface area (Å²) in [5.41, 5.74) is 4.63. The van der Waals surface area contributed by atoms with Crippen molar-refractivity contribution in [3.8, 4) is 0 Å². The maximum atomic E-state index is 5.67. The van der Waals surface area contributed by atoms with Gasteiger partial charge in [-0.1, -0.05) is 25.1 Å². The predicted molar refractivity (Wildman–Crippen MR) is 86.6 cm³/mol. The number of hydrogen-bond acceptors (Lipinski definition) is 3. The van der Waals surface area contributed by atoms with Gasteiger partial charge >= 0.3 is 0 Å². The fourth-order valence-electron chi connectivity index (χ4n) is 3.49. The lowest BCUT2D eigenvalue weighted by molar-refractivity contribution is -0.0108. The topological polar surface area (TPSA) is 24.5 Å². The smallest absolute Gasteiger partial charge is 0.0635 e. The van der Waals surface area contributed by atoms with E-state index in [2.05, 4.69) is 35.3 Å². The maximum Gasteiger partial charge on any atom is 0.0635 e. The number of ether oxygens (including phenoxy) is 1. The molecule has 1 saturated heterocycles. The van der Waals surface area contributed by atoms with E-state index in [1.165, 1.54) is 31.2 Å². The van der Waals surface area contributed by atoms with Gasteiger partial charge in [-0.25, -0.2) is 0 Å². The van der Waals surface area contributed by atoms with Crippen LogP contribution in [0.15, 0.2) is 18.2 Å². The lowest BCUT2D eigenvalue weighted by Crippen LogP contribution is -2.49. The second-order valence-corrected chi connectivity index (χ2v) is 6.36. The Bertz CT molecular complexity index is 461. The fourth-order valence-corrected chi connectivity index (χ4v) is 3.49. The monoisotopic (exact) mass is 288 g/mol. The molecule has 0 aromatic heterocycles. The number of morpholine rings is 1. The van der Waals surface area contributed by atoms with Crippen molar-refractivity contribution in [2.45, 2.75) is 45.2 Å². The molecule has 0 radical (unpaired) electrons. The number of benzene rings is 1. The van der Waals surface area contributed by atoms with Crippen LogP contribution in [0.2, 0.25) is 0 Å². The Labute approximate surface area is 128 Å². The Morgan fingerprint density at radius 1 is 1.29 bits per heavy atom. The number of fused-ring (bicyclic) bond motifs is 1. The van der Waals surface area contributed by atoms with Crippen molar-refractivity contribution >= 4 is 0 Å². The lowest BCUT2D eigenvalue weighted by Gasteiger charge is -2.36. The average molecular weight is 288 g/mol. The largest absolute Gasteiger partial charge is 0.378 e. The van der Waals surface area contributed by atoms with Crippen molar-refractivity contribution < 1.29 is 4.74 Å². The van der Waals surface area contributed by atoms with Gasteiger partial charge in [0.2, 0.25) is 0 Å². The molecule has 116 valence electrons. The molecule has 1 fully saturated rings. The van der Waals surface area contributed by atoms with E-state index in [-0.39, 0.29) is 0 Å². The number of nitrogens with one attached hydrogen (secondary N) is 1. The van der Waals surface area contributed by atoms with Crippen LogP contribution in [0.1, 0.15) is 36.5 Å². The van der Waals surface area contributed by atoms with E-state index in [0.29, 0.717) is 6.04 Å². The zero-order valence-corrected chi connectivity index (χ0v) is 13.2. The Morgan fingerprint density at radius 2 is 2.19 bits per heavy atom. The van der Waals surface area contributed by atoms with Gasteiger partial charge in [-0.15, -0.1) is 0 Å². The van der Waals surface area contributed by atoms with Crippen molar-refractivity contribution in [2.75, 3.05) is 32.8 Å². The summed E-state index contributed by atoms with van der Waals surface area (Å²) in [5.74, 6) is 0. The summed E-state index contributed by atoms with van der Waals surface area (Å²) in [5, 5.41) is 3.54. The third kappa shape index (κ3) is 3.85. The standard InChI is InChI=1S/C18H28N2O/c1-2-8-19-12-18-14-21-10-9-20(18)13-15-6-7-16-4-3-5-17(16)11-15/h6-7,11,18-19H,2-5,8-10,12-14H2,1H3. The minimum absolute atomic E-state index is 0.513. The first-order valence-electron chi connectivity index (χ1n) is 8.50. The van der Waals surface area contributed by atoms with Crippen molar-refractivity contribution in [1.82, 2.24) is 10.2 Å². The van der Waals surface area contributed by atoms with E-state index in [1.807, 2.05) is 0 Å². The van der Waals surface area contributed by atoms with E-state index in [4.69, 9.17) is 4.74 Å². The highest BCUT2D eigenvalue weighted by Crippen LogP contribution is 2.24. The second kappa shape index (κ2) is 7.39. The molecule has 3 heteroatoms. The highest BCUT2D eigenvalue weighted by molar-refractivity contribution is 5.35. The Kier molecular flexibility index (Phi) is 5.28. The van der Waals surface area contributed by atoms with Gasteiger partial charge in [-0.2, -0.15) is 0 Å². The first kappa shape index (κ1) is 15.0. The molecule has 1 unspecified atom stereocenters. The van der Waals surface area contributed by atoms with Gasteiger partial charge in [0.25, 0.3) is 0 Å². The summed E-state index contributed by atoms with van der Waals surface area (Å²) in [6, 6.07) is 7.63. The molecular formula is C18H28N2O. The number of hydrogen-bond donors (Lipinski definition) is 1.